The molecule has 1 heterocycles. The molecule has 1 unspecified atom stereocenters. The molecule has 3 rings (SSSR count). The van der Waals surface area contributed by atoms with Gasteiger partial charge in [0.2, 0.25) is 0 Å². The second kappa shape index (κ2) is 9.34. The quantitative estimate of drug-likeness (QED) is 0.380. The third kappa shape index (κ3) is 4.37. The molecule has 8 nitrogen and oxygen atoms in total. The maximum absolute atomic E-state index is 13.0. The van der Waals surface area contributed by atoms with Gasteiger partial charge in [0.05, 0.1) is 25.8 Å². The number of amides is 1. The molecule has 1 aliphatic heterocycles. The van der Waals surface area contributed by atoms with Gasteiger partial charge in [0.1, 0.15) is 17.3 Å². The van der Waals surface area contributed by atoms with Gasteiger partial charge in [0.15, 0.2) is 0 Å². The number of hydrogen-bond donors (Lipinski definition) is 2. The molecule has 162 valence electrons. The first kappa shape index (κ1) is 21.9. The molecule has 0 bridgehead atoms. The predicted octanol–water partition coefficient (Wildman–Crippen LogP) is 2.99. The Labute approximate surface area is 179 Å². The van der Waals surface area contributed by atoms with E-state index in [2.05, 4.69) is 0 Å². The molecule has 2 aromatic carbocycles. The lowest BCUT2D eigenvalue weighted by atomic mass is 9.94. The van der Waals surface area contributed by atoms with Crippen molar-refractivity contribution < 1.29 is 34.1 Å². The number of Topliss-reactive ketones (excluding diaryl/α,β-unsaturated/α-hetero) is 1. The summed E-state index contributed by atoms with van der Waals surface area (Å²) < 4.78 is 10.7. The van der Waals surface area contributed by atoms with Crippen molar-refractivity contribution in [2.45, 2.75) is 18.9 Å². The van der Waals surface area contributed by atoms with E-state index in [4.69, 9.17) is 14.6 Å². The van der Waals surface area contributed by atoms with Crippen molar-refractivity contribution in [2.75, 3.05) is 20.8 Å². The van der Waals surface area contributed by atoms with Gasteiger partial charge in [-0.15, -0.1) is 0 Å². The zero-order chi connectivity index (χ0) is 22.5. The van der Waals surface area contributed by atoms with Crippen molar-refractivity contribution >= 4 is 23.4 Å². The number of rotatable bonds is 8. The first-order valence-electron chi connectivity index (χ1n) is 9.66. The van der Waals surface area contributed by atoms with E-state index in [-0.39, 0.29) is 30.7 Å². The molecular formula is C23H23NO7. The second-order valence-electron chi connectivity index (χ2n) is 6.96. The Balaban J connectivity index is 2.19. The first-order valence-corrected chi connectivity index (χ1v) is 9.66. The zero-order valence-corrected chi connectivity index (χ0v) is 17.2. The number of benzene rings is 2. The fraction of sp³-hybridized carbons (Fsp3) is 0.261. The molecule has 2 aromatic rings. The summed E-state index contributed by atoms with van der Waals surface area (Å²) in [6.45, 7) is 0.0213. The van der Waals surface area contributed by atoms with Crippen LogP contribution in [0.25, 0.3) is 5.76 Å². The Morgan fingerprint density at radius 1 is 1.03 bits per heavy atom. The molecule has 1 fully saturated rings. The Bertz CT molecular complexity index is 1030. The van der Waals surface area contributed by atoms with Crippen LogP contribution in [0.1, 0.15) is 30.0 Å². The summed E-state index contributed by atoms with van der Waals surface area (Å²) in [6.07, 6.45) is -0.0137. The number of methoxy groups -OCH3 is 2. The van der Waals surface area contributed by atoms with Crippen molar-refractivity contribution in [3.8, 4) is 11.5 Å². The third-order valence-corrected chi connectivity index (χ3v) is 5.11. The topological polar surface area (TPSA) is 113 Å². The van der Waals surface area contributed by atoms with Crippen LogP contribution in [0.2, 0.25) is 0 Å². The van der Waals surface area contributed by atoms with E-state index in [0.717, 1.165) is 0 Å². The molecule has 0 radical (unpaired) electrons. The summed E-state index contributed by atoms with van der Waals surface area (Å²) in [6, 6.07) is 12.4. The SMILES string of the molecule is COc1ccc(OC)c(C2/C(=C(\O)c3ccccc3)C(=O)C(=O)N2CCCC(=O)O)c1. The summed E-state index contributed by atoms with van der Waals surface area (Å²) in [7, 11) is 2.94. The van der Waals surface area contributed by atoms with Crippen molar-refractivity contribution in [1.29, 1.82) is 0 Å². The van der Waals surface area contributed by atoms with Gasteiger partial charge in [-0.05, 0) is 24.6 Å². The van der Waals surface area contributed by atoms with E-state index >= 15 is 0 Å². The normalized spacial score (nSPS) is 17.6. The number of aliphatic hydroxyl groups is 1. The van der Waals surface area contributed by atoms with Crippen LogP contribution in [0.4, 0.5) is 0 Å². The largest absolute Gasteiger partial charge is 0.507 e. The molecule has 0 spiro atoms. The highest BCUT2D eigenvalue weighted by atomic mass is 16.5. The molecule has 0 aliphatic carbocycles. The van der Waals surface area contributed by atoms with Crippen LogP contribution in [0, 0.1) is 0 Å². The Kier molecular flexibility index (Phi) is 6.59. The van der Waals surface area contributed by atoms with Crippen molar-refractivity contribution in [3.05, 3.63) is 65.2 Å². The van der Waals surface area contributed by atoms with E-state index in [9.17, 15) is 19.5 Å². The van der Waals surface area contributed by atoms with Crippen molar-refractivity contribution in [2.24, 2.45) is 0 Å². The van der Waals surface area contributed by atoms with Gasteiger partial charge in [-0.25, -0.2) is 0 Å². The number of ketones is 1. The average molecular weight is 425 g/mol. The van der Waals surface area contributed by atoms with Crippen LogP contribution >= 0.6 is 0 Å². The van der Waals surface area contributed by atoms with Crippen LogP contribution < -0.4 is 9.47 Å². The summed E-state index contributed by atoms with van der Waals surface area (Å²) in [4.78, 5) is 38.1. The summed E-state index contributed by atoms with van der Waals surface area (Å²) >= 11 is 0. The molecular weight excluding hydrogens is 402 g/mol. The van der Waals surface area contributed by atoms with Gasteiger partial charge in [-0.3, -0.25) is 14.4 Å². The van der Waals surface area contributed by atoms with Crippen molar-refractivity contribution in [3.63, 3.8) is 0 Å². The van der Waals surface area contributed by atoms with E-state index in [0.29, 0.717) is 22.6 Å². The molecule has 0 aromatic heterocycles. The van der Waals surface area contributed by atoms with E-state index < -0.39 is 23.7 Å². The summed E-state index contributed by atoms with van der Waals surface area (Å²) in [5.74, 6) is -2.09. The number of aliphatic hydroxyl groups excluding tert-OH is 1. The predicted molar refractivity (Wildman–Crippen MR) is 112 cm³/mol. The molecule has 1 aliphatic rings. The van der Waals surface area contributed by atoms with Gasteiger partial charge in [-0.1, -0.05) is 30.3 Å². The van der Waals surface area contributed by atoms with Gasteiger partial charge >= 0.3 is 5.97 Å². The maximum Gasteiger partial charge on any atom is 0.303 e. The van der Waals surface area contributed by atoms with Gasteiger partial charge < -0.3 is 24.6 Å². The minimum Gasteiger partial charge on any atom is -0.507 e. The van der Waals surface area contributed by atoms with E-state index in [1.54, 1.807) is 48.5 Å². The summed E-state index contributed by atoms with van der Waals surface area (Å²) in [5.41, 5.74) is 0.754. The molecule has 0 saturated carbocycles. The second-order valence-corrected chi connectivity index (χ2v) is 6.96. The molecule has 1 saturated heterocycles. The standard InChI is InChI=1S/C23H23NO7/c1-30-15-10-11-17(31-2)16(13-15)20-19(21(27)14-7-4-3-5-8-14)22(28)23(29)24(20)12-6-9-18(25)26/h3-5,7-8,10-11,13,20,27H,6,9,12H2,1-2H3,(H,25,26)/b21-19+. The number of aliphatic carboxylic acids is 1. The van der Waals surface area contributed by atoms with Gasteiger partial charge in [0.25, 0.3) is 11.7 Å². The van der Waals surface area contributed by atoms with Crippen LogP contribution in [-0.2, 0) is 14.4 Å². The lowest BCUT2D eigenvalue weighted by molar-refractivity contribution is -0.140. The monoisotopic (exact) mass is 425 g/mol. The highest BCUT2D eigenvalue weighted by molar-refractivity contribution is 6.46. The first-order chi connectivity index (χ1) is 14.9. The highest BCUT2D eigenvalue weighted by Gasteiger charge is 2.47. The number of likely N-dealkylation sites (tertiary alicyclic amines) is 1. The van der Waals surface area contributed by atoms with E-state index in [1.165, 1.54) is 19.1 Å². The smallest absolute Gasteiger partial charge is 0.303 e. The third-order valence-electron chi connectivity index (χ3n) is 5.11. The highest BCUT2D eigenvalue weighted by Crippen LogP contribution is 2.43. The zero-order valence-electron chi connectivity index (χ0n) is 17.2. The lowest BCUT2D eigenvalue weighted by Crippen LogP contribution is -2.31. The fourth-order valence-corrected chi connectivity index (χ4v) is 3.64. The number of carboxylic acid groups (broad SMARTS) is 1. The number of ether oxygens (including phenoxy) is 2. The molecule has 1 amide bonds. The van der Waals surface area contributed by atoms with Crippen LogP contribution in [-0.4, -0.2) is 53.5 Å². The number of carbonyl (C=O) groups excluding carboxylic acids is 2. The molecule has 8 heteroatoms. The number of nitrogens with zero attached hydrogens (tertiary/aromatic N) is 1. The number of hydrogen-bond acceptors (Lipinski definition) is 6. The minimum atomic E-state index is -1.00. The molecule has 31 heavy (non-hydrogen) atoms. The average Bonchev–Trinajstić information content (AvgIpc) is 3.03. The van der Waals surface area contributed by atoms with E-state index in [1.807, 2.05) is 0 Å². The van der Waals surface area contributed by atoms with Gasteiger partial charge in [0, 0.05) is 24.1 Å². The summed E-state index contributed by atoms with van der Waals surface area (Å²) in [5, 5.41) is 19.9. The van der Waals surface area contributed by atoms with Crippen LogP contribution in [0.3, 0.4) is 0 Å². The number of carbonyl (C=O) groups is 3. The van der Waals surface area contributed by atoms with Crippen molar-refractivity contribution in [1.82, 2.24) is 4.90 Å². The van der Waals surface area contributed by atoms with Crippen LogP contribution in [0.5, 0.6) is 11.5 Å². The Morgan fingerprint density at radius 3 is 2.35 bits per heavy atom. The Morgan fingerprint density at radius 2 is 1.74 bits per heavy atom. The molecule has 1 atom stereocenters. The van der Waals surface area contributed by atoms with Gasteiger partial charge in [-0.2, -0.15) is 0 Å². The lowest BCUT2D eigenvalue weighted by Gasteiger charge is -2.26. The number of carboxylic acids is 1. The minimum absolute atomic E-state index is 0.0213. The molecule has 2 N–H and O–H groups in total. The van der Waals surface area contributed by atoms with Crippen LogP contribution in [0.15, 0.2) is 54.1 Å². The fourth-order valence-electron chi connectivity index (χ4n) is 3.64. The maximum atomic E-state index is 13.0. The Hall–Kier alpha value is -3.81.